The third-order valence-corrected chi connectivity index (χ3v) is 4.25. The Kier molecular flexibility index (Phi) is 3.01. The highest BCUT2D eigenvalue weighted by molar-refractivity contribution is 9.10. The number of hydrogen-bond donors (Lipinski definition) is 0. The van der Waals surface area contributed by atoms with Gasteiger partial charge in [-0.2, -0.15) is 0 Å². The second-order valence-electron chi connectivity index (χ2n) is 5.35. The zero-order valence-electron chi connectivity index (χ0n) is 11.5. The molecular formula is C16H14BrFO2. The van der Waals surface area contributed by atoms with Crippen LogP contribution in [-0.4, -0.2) is 7.11 Å². The lowest BCUT2D eigenvalue weighted by Gasteiger charge is -2.34. The molecule has 0 bridgehead atoms. The van der Waals surface area contributed by atoms with E-state index in [4.69, 9.17) is 9.47 Å². The number of rotatable bonds is 1. The molecule has 0 spiro atoms. The summed E-state index contributed by atoms with van der Waals surface area (Å²) in [6.07, 6.45) is 0. The monoisotopic (exact) mass is 336 g/mol. The first-order valence-electron chi connectivity index (χ1n) is 6.29. The van der Waals surface area contributed by atoms with E-state index in [2.05, 4.69) is 29.8 Å². The van der Waals surface area contributed by atoms with E-state index in [0.29, 0.717) is 11.5 Å². The Morgan fingerprint density at radius 2 is 1.90 bits per heavy atom. The highest BCUT2D eigenvalue weighted by Gasteiger charge is 2.36. The smallest absolute Gasteiger partial charge is 0.169 e. The molecule has 0 radical (unpaired) electrons. The number of ether oxygens (including phenoxy) is 2. The summed E-state index contributed by atoms with van der Waals surface area (Å²) < 4.78 is 26.1. The molecule has 1 aliphatic heterocycles. The first-order chi connectivity index (χ1) is 9.43. The quantitative estimate of drug-likeness (QED) is 0.727. The maximum atomic E-state index is 14.2. The van der Waals surface area contributed by atoms with E-state index in [1.165, 1.54) is 13.2 Å². The average Bonchev–Trinajstić information content (AvgIpc) is 2.41. The lowest BCUT2D eigenvalue weighted by molar-refractivity contribution is 0.374. The standard InChI is InChI=1S/C16H14BrFO2/c1-16(2)11-6-9(17)4-5-14(11)20-15-12(16)7-10(19-3)8-13(15)18/h4-8H,1-3H3. The van der Waals surface area contributed by atoms with Crippen LogP contribution in [0.25, 0.3) is 0 Å². The summed E-state index contributed by atoms with van der Waals surface area (Å²) in [6, 6.07) is 8.94. The number of benzene rings is 2. The molecule has 3 rings (SSSR count). The summed E-state index contributed by atoms with van der Waals surface area (Å²) in [7, 11) is 1.53. The van der Waals surface area contributed by atoms with Crippen LogP contribution in [0.4, 0.5) is 4.39 Å². The van der Waals surface area contributed by atoms with Gasteiger partial charge in [0.1, 0.15) is 11.5 Å². The van der Waals surface area contributed by atoms with Gasteiger partial charge in [-0.05, 0) is 24.3 Å². The van der Waals surface area contributed by atoms with Crippen LogP contribution in [-0.2, 0) is 5.41 Å². The summed E-state index contributed by atoms with van der Waals surface area (Å²) >= 11 is 3.47. The molecular weight excluding hydrogens is 323 g/mol. The molecule has 0 unspecified atom stereocenters. The Labute approximate surface area is 125 Å². The highest BCUT2D eigenvalue weighted by Crippen LogP contribution is 2.50. The van der Waals surface area contributed by atoms with Crippen molar-refractivity contribution in [2.24, 2.45) is 0 Å². The molecule has 2 aromatic rings. The molecule has 0 atom stereocenters. The van der Waals surface area contributed by atoms with E-state index >= 15 is 0 Å². The number of hydrogen-bond acceptors (Lipinski definition) is 2. The predicted molar refractivity (Wildman–Crippen MR) is 79.3 cm³/mol. The summed E-state index contributed by atoms with van der Waals surface area (Å²) in [5.41, 5.74) is 1.45. The van der Waals surface area contributed by atoms with Crippen molar-refractivity contribution < 1.29 is 13.9 Å². The topological polar surface area (TPSA) is 18.5 Å². The molecule has 20 heavy (non-hydrogen) atoms. The highest BCUT2D eigenvalue weighted by atomic mass is 79.9. The van der Waals surface area contributed by atoms with E-state index in [0.717, 1.165) is 15.6 Å². The van der Waals surface area contributed by atoms with Crippen LogP contribution in [0.15, 0.2) is 34.8 Å². The zero-order chi connectivity index (χ0) is 14.5. The lowest BCUT2D eigenvalue weighted by Crippen LogP contribution is -2.25. The minimum Gasteiger partial charge on any atom is -0.497 e. The zero-order valence-corrected chi connectivity index (χ0v) is 13.0. The van der Waals surface area contributed by atoms with Crippen molar-refractivity contribution in [2.75, 3.05) is 7.11 Å². The molecule has 1 heterocycles. The molecule has 4 heteroatoms. The summed E-state index contributed by atoms with van der Waals surface area (Å²) in [5.74, 6) is 1.07. The van der Waals surface area contributed by atoms with E-state index in [1.54, 1.807) is 0 Å². The third-order valence-electron chi connectivity index (χ3n) is 3.75. The maximum absolute atomic E-state index is 14.2. The van der Waals surface area contributed by atoms with E-state index < -0.39 is 5.82 Å². The minimum atomic E-state index is -0.402. The van der Waals surface area contributed by atoms with Gasteiger partial charge in [0.25, 0.3) is 0 Å². The van der Waals surface area contributed by atoms with Gasteiger partial charge in [-0.1, -0.05) is 29.8 Å². The van der Waals surface area contributed by atoms with Crippen LogP contribution in [0, 0.1) is 5.82 Å². The van der Waals surface area contributed by atoms with Crippen LogP contribution < -0.4 is 9.47 Å². The Morgan fingerprint density at radius 1 is 1.15 bits per heavy atom. The summed E-state index contributed by atoms with van der Waals surface area (Å²) in [5, 5.41) is 0. The Balaban J connectivity index is 2.27. The fourth-order valence-electron chi connectivity index (χ4n) is 2.59. The van der Waals surface area contributed by atoms with Gasteiger partial charge in [0.2, 0.25) is 0 Å². The van der Waals surface area contributed by atoms with Gasteiger partial charge in [0, 0.05) is 27.1 Å². The average molecular weight is 337 g/mol. The maximum Gasteiger partial charge on any atom is 0.169 e. The van der Waals surface area contributed by atoms with Crippen molar-refractivity contribution in [2.45, 2.75) is 19.3 Å². The number of fused-ring (bicyclic) bond motifs is 2. The van der Waals surface area contributed by atoms with Crippen molar-refractivity contribution in [3.8, 4) is 17.2 Å². The Morgan fingerprint density at radius 3 is 2.60 bits per heavy atom. The molecule has 0 fully saturated rings. The van der Waals surface area contributed by atoms with Gasteiger partial charge in [0.05, 0.1) is 7.11 Å². The Hall–Kier alpha value is -1.55. The molecule has 2 aromatic carbocycles. The normalized spacial score (nSPS) is 15.1. The second kappa shape index (κ2) is 4.48. The van der Waals surface area contributed by atoms with Gasteiger partial charge in [0.15, 0.2) is 11.6 Å². The third kappa shape index (κ3) is 1.90. The summed E-state index contributed by atoms with van der Waals surface area (Å²) in [6.45, 7) is 4.11. The SMILES string of the molecule is COc1cc(F)c2c(c1)C(C)(C)c1cc(Br)ccc1O2. The van der Waals surface area contributed by atoms with Crippen LogP contribution in [0.5, 0.6) is 17.2 Å². The molecule has 0 saturated heterocycles. The molecule has 0 aromatic heterocycles. The van der Waals surface area contributed by atoms with Gasteiger partial charge < -0.3 is 9.47 Å². The largest absolute Gasteiger partial charge is 0.497 e. The Bertz CT molecular complexity index is 695. The van der Waals surface area contributed by atoms with Crippen molar-refractivity contribution in [1.29, 1.82) is 0 Å². The van der Waals surface area contributed by atoms with Crippen LogP contribution in [0.3, 0.4) is 0 Å². The lowest BCUT2D eigenvalue weighted by atomic mass is 9.75. The van der Waals surface area contributed by atoms with Gasteiger partial charge >= 0.3 is 0 Å². The van der Waals surface area contributed by atoms with E-state index in [-0.39, 0.29) is 11.2 Å². The molecule has 1 aliphatic rings. The summed E-state index contributed by atoms with van der Waals surface area (Å²) in [4.78, 5) is 0. The molecule has 0 N–H and O–H groups in total. The van der Waals surface area contributed by atoms with Crippen molar-refractivity contribution in [1.82, 2.24) is 0 Å². The van der Waals surface area contributed by atoms with Crippen molar-refractivity contribution in [3.63, 3.8) is 0 Å². The van der Waals surface area contributed by atoms with Gasteiger partial charge in [-0.3, -0.25) is 0 Å². The van der Waals surface area contributed by atoms with Gasteiger partial charge in [-0.25, -0.2) is 4.39 Å². The van der Waals surface area contributed by atoms with Crippen molar-refractivity contribution in [3.05, 3.63) is 51.7 Å². The first-order valence-corrected chi connectivity index (χ1v) is 7.08. The second-order valence-corrected chi connectivity index (χ2v) is 6.27. The van der Waals surface area contributed by atoms with E-state index in [1.807, 2.05) is 24.3 Å². The fourth-order valence-corrected chi connectivity index (χ4v) is 2.95. The molecule has 0 saturated carbocycles. The van der Waals surface area contributed by atoms with Crippen LogP contribution >= 0.6 is 15.9 Å². The number of halogens is 2. The van der Waals surface area contributed by atoms with Gasteiger partial charge in [-0.15, -0.1) is 0 Å². The minimum absolute atomic E-state index is 0.283. The number of methoxy groups -OCH3 is 1. The van der Waals surface area contributed by atoms with E-state index in [9.17, 15) is 4.39 Å². The molecule has 0 aliphatic carbocycles. The molecule has 2 nitrogen and oxygen atoms in total. The molecule has 104 valence electrons. The first kappa shape index (κ1) is 13.4. The predicted octanol–water partition coefficient (Wildman–Crippen LogP) is 5.03. The van der Waals surface area contributed by atoms with Crippen molar-refractivity contribution >= 4 is 15.9 Å². The fraction of sp³-hybridized carbons (Fsp3) is 0.250. The van der Waals surface area contributed by atoms with Crippen LogP contribution in [0.2, 0.25) is 0 Å². The molecule has 0 amide bonds. The van der Waals surface area contributed by atoms with Crippen LogP contribution in [0.1, 0.15) is 25.0 Å².